The molecular formula is C14H26N4O2. The van der Waals surface area contributed by atoms with Crippen molar-refractivity contribution in [1.82, 2.24) is 10.2 Å². The molecule has 1 saturated heterocycles. The average molecular weight is 282 g/mol. The second-order valence-corrected chi connectivity index (χ2v) is 6.06. The predicted octanol–water partition coefficient (Wildman–Crippen LogP) is 0.894. The molecule has 4 N–H and O–H groups in total. The summed E-state index contributed by atoms with van der Waals surface area (Å²) in [6.45, 7) is 5.12. The van der Waals surface area contributed by atoms with E-state index in [4.69, 9.17) is 10.9 Å². The van der Waals surface area contributed by atoms with E-state index < -0.39 is 5.41 Å². The molecule has 1 saturated carbocycles. The van der Waals surface area contributed by atoms with Gasteiger partial charge in [0, 0.05) is 19.1 Å². The van der Waals surface area contributed by atoms with Crippen LogP contribution in [-0.2, 0) is 4.79 Å². The van der Waals surface area contributed by atoms with E-state index in [1.165, 1.54) is 25.8 Å². The lowest BCUT2D eigenvalue weighted by atomic mass is 10.0. The van der Waals surface area contributed by atoms with E-state index >= 15 is 0 Å². The van der Waals surface area contributed by atoms with Crippen LogP contribution in [0.5, 0.6) is 0 Å². The largest absolute Gasteiger partial charge is 0.409 e. The van der Waals surface area contributed by atoms with Gasteiger partial charge in [-0.05, 0) is 45.6 Å². The zero-order valence-electron chi connectivity index (χ0n) is 12.3. The van der Waals surface area contributed by atoms with Crippen LogP contribution in [0.4, 0.5) is 0 Å². The maximum Gasteiger partial charge on any atom is 0.233 e. The quantitative estimate of drug-likeness (QED) is 0.222. The van der Waals surface area contributed by atoms with Gasteiger partial charge in [-0.2, -0.15) is 0 Å². The number of carbonyl (C=O) groups is 1. The Balaban J connectivity index is 1.67. The maximum absolute atomic E-state index is 12.0. The van der Waals surface area contributed by atoms with E-state index in [0.717, 1.165) is 13.0 Å². The maximum atomic E-state index is 12.0. The highest BCUT2D eigenvalue weighted by Gasteiger charge is 2.54. The number of nitrogens with one attached hydrogen (secondary N) is 1. The zero-order chi connectivity index (χ0) is 14.6. The van der Waals surface area contributed by atoms with E-state index in [9.17, 15) is 4.79 Å². The van der Waals surface area contributed by atoms with Crippen molar-refractivity contribution >= 4 is 11.7 Å². The molecule has 0 spiro atoms. The van der Waals surface area contributed by atoms with Gasteiger partial charge >= 0.3 is 0 Å². The van der Waals surface area contributed by atoms with Gasteiger partial charge in [0.15, 0.2) is 5.84 Å². The fraction of sp³-hybridized carbons (Fsp3) is 0.857. The summed E-state index contributed by atoms with van der Waals surface area (Å²) in [7, 11) is 0. The molecule has 1 aliphatic carbocycles. The fourth-order valence-electron chi connectivity index (χ4n) is 2.96. The van der Waals surface area contributed by atoms with Gasteiger partial charge in [-0.3, -0.25) is 4.79 Å². The average Bonchev–Trinajstić information content (AvgIpc) is 3.26. The Hall–Kier alpha value is -1.30. The molecule has 1 unspecified atom stereocenters. The van der Waals surface area contributed by atoms with E-state index in [2.05, 4.69) is 22.3 Å². The molecule has 1 heterocycles. The number of nitrogens with zero attached hydrogens (tertiary/aromatic N) is 2. The van der Waals surface area contributed by atoms with Crippen molar-refractivity contribution in [2.75, 3.05) is 19.6 Å². The van der Waals surface area contributed by atoms with Crippen LogP contribution in [0.1, 0.15) is 45.4 Å². The lowest BCUT2D eigenvalue weighted by Crippen LogP contribution is -2.42. The normalized spacial score (nSPS) is 26.2. The summed E-state index contributed by atoms with van der Waals surface area (Å²) in [5.41, 5.74) is 4.86. The van der Waals surface area contributed by atoms with Crippen LogP contribution in [0.25, 0.3) is 0 Å². The van der Waals surface area contributed by atoms with Gasteiger partial charge in [-0.1, -0.05) is 11.6 Å². The van der Waals surface area contributed by atoms with E-state index in [0.29, 0.717) is 25.4 Å². The van der Waals surface area contributed by atoms with Crippen molar-refractivity contribution in [3.63, 3.8) is 0 Å². The summed E-state index contributed by atoms with van der Waals surface area (Å²) < 4.78 is 0. The molecule has 20 heavy (non-hydrogen) atoms. The van der Waals surface area contributed by atoms with E-state index in [1.807, 2.05) is 0 Å². The molecule has 0 radical (unpaired) electrons. The molecule has 2 aliphatic rings. The molecule has 1 aliphatic heterocycles. The zero-order valence-corrected chi connectivity index (χ0v) is 12.3. The van der Waals surface area contributed by atoms with Crippen molar-refractivity contribution in [2.45, 2.75) is 51.5 Å². The molecule has 0 aromatic heterocycles. The number of hydrogen-bond acceptors (Lipinski definition) is 4. The second kappa shape index (κ2) is 6.43. The van der Waals surface area contributed by atoms with E-state index in [-0.39, 0.29) is 11.7 Å². The Morgan fingerprint density at radius 2 is 2.25 bits per heavy atom. The number of carbonyl (C=O) groups excluding carboxylic acids is 1. The van der Waals surface area contributed by atoms with Gasteiger partial charge in [-0.25, -0.2) is 0 Å². The van der Waals surface area contributed by atoms with Gasteiger partial charge < -0.3 is 21.2 Å². The Kier molecular flexibility index (Phi) is 4.86. The van der Waals surface area contributed by atoms with Gasteiger partial charge in [0.05, 0.1) is 0 Å². The van der Waals surface area contributed by atoms with Crippen LogP contribution in [-0.4, -0.2) is 47.5 Å². The smallest absolute Gasteiger partial charge is 0.233 e. The van der Waals surface area contributed by atoms with Crippen molar-refractivity contribution < 1.29 is 10.0 Å². The molecule has 1 atom stereocenters. The van der Waals surface area contributed by atoms with Crippen LogP contribution in [0.15, 0.2) is 5.16 Å². The summed E-state index contributed by atoms with van der Waals surface area (Å²) in [6, 6.07) is 0.659. The van der Waals surface area contributed by atoms with Gasteiger partial charge in [0.25, 0.3) is 0 Å². The summed E-state index contributed by atoms with van der Waals surface area (Å²) in [5.74, 6) is -0.0563. The van der Waals surface area contributed by atoms with Crippen molar-refractivity contribution in [1.29, 1.82) is 0 Å². The number of likely N-dealkylation sites (tertiary alicyclic amines) is 1. The molecule has 6 heteroatoms. The molecule has 1 amide bonds. The summed E-state index contributed by atoms with van der Waals surface area (Å²) in [4.78, 5) is 14.5. The summed E-state index contributed by atoms with van der Waals surface area (Å²) >= 11 is 0. The molecule has 2 fully saturated rings. The number of hydrogen-bond donors (Lipinski definition) is 3. The predicted molar refractivity (Wildman–Crippen MR) is 77.6 cm³/mol. The minimum atomic E-state index is -0.729. The number of amides is 1. The van der Waals surface area contributed by atoms with Crippen LogP contribution in [0.2, 0.25) is 0 Å². The number of oxime groups is 1. The molecule has 0 aromatic carbocycles. The Bertz CT molecular complexity index is 379. The third-order valence-electron chi connectivity index (χ3n) is 4.63. The van der Waals surface area contributed by atoms with Crippen molar-refractivity contribution in [3.8, 4) is 0 Å². The van der Waals surface area contributed by atoms with Gasteiger partial charge in [0.2, 0.25) is 5.91 Å². The highest BCUT2D eigenvalue weighted by molar-refractivity contribution is 6.09. The lowest BCUT2D eigenvalue weighted by molar-refractivity contribution is -0.124. The molecule has 2 rings (SSSR count). The van der Waals surface area contributed by atoms with Gasteiger partial charge in [0.1, 0.15) is 5.41 Å². The molecular weight excluding hydrogens is 256 g/mol. The number of rotatable bonds is 6. The Labute approximate surface area is 120 Å². The number of nitrogens with two attached hydrogens (primary N) is 1. The lowest BCUT2D eigenvalue weighted by Gasteiger charge is -2.33. The monoisotopic (exact) mass is 282 g/mol. The fourth-order valence-corrected chi connectivity index (χ4v) is 2.96. The summed E-state index contributed by atoms with van der Waals surface area (Å²) in [5, 5.41) is 14.6. The molecule has 0 aromatic rings. The highest BCUT2D eigenvalue weighted by Crippen LogP contribution is 2.45. The minimum Gasteiger partial charge on any atom is -0.409 e. The Morgan fingerprint density at radius 3 is 2.85 bits per heavy atom. The van der Waals surface area contributed by atoms with Crippen molar-refractivity contribution in [3.05, 3.63) is 0 Å². The number of amidine groups is 1. The highest BCUT2D eigenvalue weighted by atomic mass is 16.4. The second-order valence-electron chi connectivity index (χ2n) is 6.06. The topological polar surface area (TPSA) is 91.0 Å². The third kappa shape index (κ3) is 3.23. The van der Waals surface area contributed by atoms with E-state index in [1.54, 1.807) is 0 Å². The first-order valence-corrected chi connectivity index (χ1v) is 7.60. The SMILES string of the molecule is CC1CCCCN1CCCNC(=O)C1(C(N)=NO)CC1. The summed E-state index contributed by atoms with van der Waals surface area (Å²) in [6.07, 6.45) is 6.19. The Morgan fingerprint density at radius 1 is 1.50 bits per heavy atom. The van der Waals surface area contributed by atoms with Crippen LogP contribution >= 0.6 is 0 Å². The van der Waals surface area contributed by atoms with Crippen molar-refractivity contribution in [2.24, 2.45) is 16.3 Å². The first-order chi connectivity index (χ1) is 9.60. The van der Waals surface area contributed by atoms with Crippen LogP contribution in [0.3, 0.4) is 0 Å². The number of piperidine rings is 1. The standard InChI is InChI=1S/C14H26N4O2/c1-11-5-2-3-9-18(11)10-4-8-16-13(19)14(6-7-14)12(15)17-20/h11,20H,2-10H2,1H3,(H2,15,17)(H,16,19). The third-order valence-corrected chi connectivity index (χ3v) is 4.63. The van der Waals surface area contributed by atoms with Crippen LogP contribution < -0.4 is 11.1 Å². The molecule has 114 valence electrons. The molecule has 6 nitrogen and oxygen atoms in total. The minimum absolute atomic E-state index is 0.0413. The van der Waals surface area contributed by atoms with Crippen LogP contribution in [0, 0.1) is 5.41 Å². The van der Waals surface area contributed by atoms with Gasteiger partial charge in [-0.15, -0.1) is 0 Å². The molecule has 0 bridgehead atoms. The first-order valence-electron chi connectivity index (χ1n) is 7.60. The first kappa shape index (κ1) is 15.1.